The molecule has 0 radical (unpaired) electrons. The summed E-state index contributed by atoms with van der Waals surface area (Å²) in [5.41, 5.74) is 2.15. The van der Waals surface area contributed by atoms with Crippen molar-refractivity contribution in [3.63, 3.8) is 0 Å². The number of fused-ring (bicyclic) bond motifs is 1. The highest BCUT2D eigenvalue weighted by molar-refractivity contribution is 6.30. The van der Waals surface area contributed by atoms with Crippen LogP contribution in [0.2, 0.25) is 5.02 Å². The Bertz CT molecular complexity index is 1430. The molecule has 0 saturated heterocycles. The van der Waals surface area contributed by atoms with E-state index in [9.17, 15) is 18.7 Å². The summed E-state index contributed by atoms with van der Waals surface area (Å²) in [6, 6.07) is 14.1. The number of ether oxygens (including phenoxy) is 1. The Kier molecular flexibility index (Phi) is 6.92. The summed E-state index contributed by atoms with van der Waals surface area (Å²) in [6.45, 7) is 0.628. The molecule has 1 N–H and O–H groups in total. The van der Waals surface area contributed by atoms with Gasteiger partial charge in [-0.15, -0.1) is 0 Å². The van der Waals surface area contributed by atoms with Crippen LogP contribution in [0.5, 0.6) is 5.75 Å². The molecule has 1 saturated carbocycles. The van der Waals surface area contributed by atoms with Gasteiger partial charge in [-0.1, -0.05) is 49.1 Å². The zero-order chi connectivity index (χ0) is 25.2. The van der Waals surface area contributed by atoms with Crippen LogP contribution in [-0.2, 0) is 13.2 Å². The second-order valence-corrected chi connectivity index (χ2v) is 9.63. The molecule has 1 fully saturated rings. The molecule has 1 heterocycles. The van der Waals surface area contributed by atoms with Crippen molar-refractivity contribution < 1.29 is 23.4 Å². The third-order valence-electron chi connectivity index (χ3n) is 6.77. The van der Waals surface area contributed by atoms with Gasteiger partial charge in [-0.2, -0.15) is 0 Å². The largest absolute Gasteiger partial charge is 0.488 e. The summed E-state index contributed by atoms with van der Waals surface area (Å²) >= 11 is 6.28. The zero-order valence-electron chi connectivity index (χ0n) is 19.5. The molecule has 0 amide bonds. The molecule has 0 unspecified atom stereocenters. The van der Waals surface area contributed by atoms with Gasteiger partial charge in [0.2, 0.25) is 0 Å². The monoisotopic (exact) mass is 510 g/mol. The normalized spacial score (nSPS) is 14.3. The highest BCUT2D eigenvalue weighted by Crippen LogP contribution is 2.37. The van der Waals surface area contributed by atoms with E-state index in [0.717, 1.165) is 31.7 Å². The van der Waals surface area contributed by atoms with E-state index in [1.807, 2.05) is 4.57 Å². The molecular formula is C28H25ClF2N2O3. The van der Waals surface area contributed by atoms with E-state index in [1.54, 1.807) is 36.4 Å². The van der Waals surface area contributed by atoms with Crippen LogP contribution in [0, 0.1) is 17.6 Å². The van der Waals surface area contributed by atoms with Crippen molar-refractivity contribution in [1.29, 1.82) is 0 Å². The molecule has 1 aliphatic rings. The molecule has 5 nitrogen and oxygen atoms in total. The van der Waals surface area contributed by atoms with E-state index in [4.69, 9.17) is 16.3 Å². The molecule has 1 aromatic heterocycles. The van der Waals surface area contributed by atoms with Crippen molar-refractivity contribution >= 4 is 28.6 Å². The van der Waals surface area contributed by atoms with Gasteiger partial charge in [0.1, 0.15) is 18.2 Å². The van der Waals surface area contributed by atoms with E-state index < -0.39 is 17.6 Å². The number of imidazole rings is 1. The SMILES string of the molecule is O=C(O)c1ccccc1COc1cc(Cl)ccc1-c1nc2cc(F)c(F)cc2n1CC1CCCCC1. The van der Waals surface area contributed by atoms with E-state index >= 15 is 0 Å². The molecule has 8 heteroatoms. The van der Waals surface area contributed by atoms with Gasteiger partial charge in [0, 0.05) is 29.3 Å². The first-order valence-corrected chi connectivity index (χ1v) is 12.4. The summed E-state index contributed by atoms with van der Waals surface area (Å²) in [7, 11) is 0. The van der Waals surface area contributed by atoms with Crippen LogP contribution in [0.1, 0.15) is 48.0 Å². The van der Waals surface area contributed by atoms with Crippen molar-refractivity contribution in [1.82, 2.24) is 9.55 Å². The number of rotatable bonds is 7. The lowest BCUT2D eigenvalue weighted by molar-refractivity contribution is 0.0694. The quantitative estimate of drug-likeness (QED) is 0.280. The fourth-order valence-electron chi connectivity index (χ4n) is 4.95. The smallest absolute Gasteiger partial charge is 0.336 e. The van der Waals surface area contributed by atoms with Crippen molar-refractivity contribution in [3.05, 3.63) is 82.4 Å². The number of benzene rings is 3. The van der Waals surface area contributed by atoms with Gasteiger partial charge in [-0.05, 0) is 43.0 Å². The Labute approximate surface area is 212 Å². The third-order valence-corrected chi connectivity index (χ3v) is 7.01. The Morgan fingerprint density at radius 3 is 2.58 bits per heavy atom. The van der Waals surface area contributed by atoms with E-state index in [2.05, 4.69) is 4.98 Å². The second kappa shape index (κ2) is 10.3. The van der Waals surface area contributed by atoms with Crippen molar-refractivity contribution in [2.45, 2.75) is 45.3 Å². The lowest BCUT2D eigenvalue weighted by Crippen LogP contribution is -2.15. The van der Waals surface area contributed by atoms with Crippen molar-refractivity contribution in [2.75, 3.05) is 0 Å². The van der Waals surface area contributed by atoms with Gasteiger partial charge >= 0.3 is 5.97 Å². The Morgan fingerprint density at radius 2 is 1.81 bits per heavy atom. The predicted octanol–water partition coefficient (Wildman–Crippen LogP) is 7.49. The number of halogens is 3. The number of hydrogen-bond acceptors (Lipinski definition) is 3. The summed E-state index contributed by atoms with van der Waals surface area (Å²) in [5.74, 6) is -1.57. The first-order valence-electron chi connectivity index (χ1n) is 12.0. The molecule has 36 heavy (non-hydrogen) atoms. The lowest BCUT2D eigenvalue weighted by atomic mass is 9.89. The molecule has 4 aromatic rings. The Balaban J connectivity index is 1.58. The Hall–Kier alpha value is -3.45. The van der Waals surface area contributed by atoms with Gasteiger partial charge < -0.3 is 14.4 Å². The first kappa shape index (κ1) is 24.3. The summed E-state index contributed by atoms with van der Waals surface area (Å²) in [4.78, 5) is 16.3. The van der Waals surface area contributed by atoms with Crippen LogP contribution in [0.15, 0.2) is 54.6 Å². The highest BCUT2D eigenvalue weighted by atomic mass is 35.5. The maximum Gasteiger partial charge on any atom is 0.336 e. The maximum absolute atomic E-state index is 14.3. The predicted molar refractivity (Wildman–Crippen MR) is 134 cm³/mol. The molecular weight excluding hydrogens is 486 g/mol. The molecule has 186 valence electrons. The minimum absolute atomic E-state index is 0.00191. The second-order valence-electron chi connectivity index (χ2n) is 9.20. The van der Waals surface area contributed by atoms with E-state index in [1.165, 1.54) is 18.6 Å². The lowest BCUT2D eigenvalue weighted by Gasteiger charge is -2.23. The van der Waals surface area contributed by atoms with Crippen LogP contribution >= 0.6 is 11.6 Å². The summed E-state index contributed by atoms with van der Waals surface area (Å²) in [6.07, 6.45) is 5.64. The molecule has 0 spiro atoms. The van der Waals surface area contributed by atoms with Gasteiger partial charge in [-0.3, -0.25) is 0 Å². The topological polar surface area (TPSA) is 64.3 Å². The number of carboxylic acids is 1. The number of aromatic carboxylic acids is 1. The summed E-state index contributed by atoms with van der Waals surface area (Å²) < 4.78 is 36.4. The van der Waals surface area contributed by atoms with E-state index in [-0.39, 0.29) is 12.2 Å². The van der Waals surface area contributed by atoms with Crippen LogP contribution in [-0.4, -0.2) is 20.6 Å². The standard InChI is InChI=1S/C28H25ClF2N2O3/c29-19-10-11-21(26(12-19)36-16-18-8-4-5-9-20(18)28(34)35)27-32-24-13-22(30)23(31)14-25(24)33(27)15-17-6-2-1-3-7-17/h4-5,8-14,17H,1-3,6-7,15-16H2,(H,34,35). The Morgan fingerprint density at radius 1 is 1.06 bits per heavy atom. The molecule has 1 aliphatic carbocycles. The van der Waals surface area contributed by atoms with Crippen LogP contribution in [0.4, 0.5) is 8.78 Å². The van der Waals surface area contributed by atoms with Gasteiger partial charge in [-0.25, -0.2) is 18.6 Å². The summed E-state index contributed by atoms with van der Waals surface area (Å²) in [5, 5.41) is 9.94. The first-order chi connectivity index (χ1) is 17.4. The molecule has 0 aliphatic heterocycles. The van der Waals surface area contributed by atoms with Crippen LogP contribution < -0.4 is 4.74 Å². The third kappa shape index (κ3) is 4.93. The van der Waals surface area contributed by atoms with Crippen molar-refractivity contribution in [2.24, 2.45) is 5.92 Å². The number of nitrogens with zero attached hydrogens (tertiary/aromatic N) is 2. The van der Waals surface area contributed by atoms with Crippen molar-refractivity contribution in [3.8, 4) is 17.1 Å². The van der Waals surface area contributed by atoms with Gasteiger partial charge in [0.15, 0.2) is 11.6 Å². The van der Waals surface area contributed by atoms with Crippen LogP contribution in [0.25, 0.3) is 22.4 Å². The number of carboxylic acid groups (broad SMARTS) is 1. The molecule has 0 atom stereocenters. The van der Waals surface area contributed by atoms with Gasteiger partial charge in [0.25, 0.3) is 0 Å². The minimum atomic E-state index is -1.04. The fraction of sp³-hybridized carbons (Fsp3) is 0.286. The average molecular weight is 511 g/mol. The van der Waals surface area contributed by atoms with Crippen LogP contribution in [0.3, 0.4) is 0 Å². The maximum atomic E-state index is 14.3. The highest BCUT2D eigenvalue weighted by Gasteiger charge is 2.23. The average Bonchev–Trinajstić information content (AvgIpc) is 3.20. The van der Waals surface area contributed by atoms with E-state index in [0.29, 0.717) is 51.2 Å². The number of carbonyl (C=O) groups is 1. The number of aromatic nitrogens is 2. The number of hydrogen-bond donors (Lipinski definition) is 1. The minimum Gasteiger partial charge on any atom is -0.488 e. The molecule has 5 rings (SSSR count). The molecule has 3 aromatic carbocycles. The van der Waals surface area contributed by atoms with Gasteiger partial charge in [0.05, 0.1) is 22.2 Å². The zero-order valence-corrected chi connectivity index (χ0v) is 20.3. The fourth-order valence-corrected chi connectivity index (χ4v) is 5.11. The molecule has 0 bridgehead atoms.